The van der Waals surface area contributed by atoms with Crippen LogP contribution in [0.2, 0.25) is 0 Å². The number of rotatable bonds is 4. The molecule has 1 N–H and O–H groups in total. The minimum Gasteiger partial charge on any atom is -0.381 e. The second-order valence-electron chi connectivity index (χ2n) is 6.17. The van der Waals surface area contributed by atoms with Crippen molar-refractivity contribution in [3.05, 3.63) is 47.3 Å². The monoisotopic (exact) mass is 313 g/mol. The fourth-order valence-corrected chi connectivity index (χ4v) is 3.11. The average Bonchev–Trinajstić information content (AvgIpc) is 2.88. The maximum absolute atomic E-state index is 12.6. The van der Waals surface area contributed by atoms with E-state index in [4.69, 9.17) is 4.52 Å². The van der Waals surface area contributed by atoms with Gasteiger partial charge in [0, 0.05) is 30.4 Å². The highest BCUT2D eigenvalue weighted by Crippen LogP contribution is 2.19. The highest BCUT2D eigenvalue weighted by molar-refractivity contribution is 5.79. The number of carbonyl (C=O) groups is 1. The lowest BCUT2D eigenvalue weighted by atomic mass is 10.0. The summed E-state index contributed by atoms with van der Waals surface area (Å²) < 4.78 is 5.15. The number of aryl methyl sites for hydroxylation is 2. The van der Waals surface area contributed by atoms with Crippen LogP contribution in [0.25, 0.3) is 0 Å². The van der Waals surface area contributed by atoms with Crippen molar-refractivity contribution in [2.45, 2.75) is 39.2 Å². The summed E-state index contributed by atoms with van der Waals surface area (Å²) in [6, 6.07) is 10.5. The molecule has 0 radical (unpaired) electrons. The van der Waals surface area contributed by atoms with E-state index in [0.29, 0.717) is 12.5 Å². The van der Waals surface area contributed by atoms with Gasteiger partial charge in [-0.3, -0.25) is 4.79 Å². The molecule has 0 aliphatic carbocycles. The number of hydrogen-bond donors (Lipinski definition) is 1. The van der Waals surface area contributed by atoms with Gasteiger partial charge in [0.25, 0.3) is 0 Å². The van der Waals surface area contributed by atoms with Gasteiger partial charge in [0.1, 0.15) is 5.76 Å². The summed E-state index contributed by atoms with van der Waals surface area (Å²) in [5.74, 6) is 0.894. The molecule has 23 heavy (non-hydrogen) atoms. The summed E-state index contributed by atoms with van der Waals surface area (Å²) >= 11 is 0. The number of amides is 1. The Morgan fingerprint density at radius 3 is 2.83 bits per heavy atom. The Kier molecular flexibility index (Phi) is 4.65. The summed E-state index contributed by atoms with van der Waals surface area (Å²) in [6.07, 6.45) is 2.49. The Balaban J connectivity index is 1.61. The number of aromatic nitrogens is 1. The number of benzene rings is 1. The van der Waals surface area contributed by atoms with Gasteiger partial charge in [-0.25, -0.2) is 0 Å². The summed E-state index contributed by atoms with van der Waals surface area (Å²) in [5, 5.41) is 7.45. The molecule has 1 atom stereocenters. The van der Waals surface area contributed by atoms with Crippen LogP contribution in [0.1, 0.15) is 29.9 Å². The first-order chi connectivity index (χ1) is 11.1. The molecule has 1 aliphatic rings. The molecule has 3 rings (SSSR count). The van der Waals surface area contributed by atoms with E-state index in [-0.39, 0.29) is 5.91 Å². The van der Waals surface area contributed by atoms with Crippen molar-refractivity contribution in [3.63, 3.8) is 0 Å². The number of nitrogens with one attached hydrogen (secondary N) is 1. The lowest BCUT2D eigenvalue weighted by Crippen LogP contribution is -2.45. The maximum atomic E-state index is 12.6. The van der Waals surface area contributed by atoms with Crippen molar-refractivity contribution in [2.75, 3.05) is 18.4 Å². The van der Waals surface area contributed by atoms with Gasteiger partial charge in [0.15, 0.2) is 0 Å². The molecule has 1 aromatic carbocycles. The van der Waals surface area contributed by atoms with Crippen molar-refractivity contribution < 1.29 is 9.32 Å². The van der Waals surface area contributed by atoms with Crippen LogP contribution in [0.3, 0.4) is 0 Å². The molecule has 1 saturated heterocycles. The minimum absolute atomic E-state index is 0.152. The highest BCUT2D eigenvalue weighted by Gasteiger charge is 2.25. The third kappa shape index (κ3) is 3.73. The normalized spacial score (nSPS) is 18.0. The molecule has 1 aromatic heterocycles. The molecule has 5 heteroatoms. The van der Waals surface area contributed by atoms with Gasteiger partial charge < -0.3 is 14.7 Å². The zero-order valence-electron chi connectivity index (χ0n) is 13.7. The molecule has 5 nitrogen and oxygen atoms in total. The van der Waals surface area contributed by atoms with Gasteiger partial charge >= 0.3 is 0 Å². The van der Waals surface area contributed by atoms with Crippen LogP contribution in [-0.2, 0) is 11.2 Å². The minimum atomic E-state index is 0.152. The van der Waals surface area contributed by atoms with Crippen LogP contribution >= 0.6 is 0 Å². The Morgan fingerprint density at radius 2 is 2.13 bits per heavy atom. The molecule has 2 heterocycles. The van der Waals surface area contributed by atoms with E-state index < -0.39 is 0 Å². The largest absolute Gasteiger partial charge is 0.381 e. The Bertz CT molecular complexity index is 647. The number of nitrogens with zero attached hydrogens (tertiary/aromatic N) is 2. The lowest BCUT2D eigenvalue weighted by molar-refractivity contribution is -0.131. The zero-order chi connectivity index (χ0) is 16.2. The fourth-order valence-electron chi connectivity index (χ4n) is 3.11. The number of para-hydroxylation sites is 1. The van der Waals surface area contributed by atoms with E-state index in [0.717, 1.165) is 48.6 Å². The molecule has 0 unspecified atom stereocenters. The number of likely N-dealkylation sites (tertiary alicyclic amines) is 1. The molecule has 0 saturated carbocycles. The predicted molar refractivity (Wildman–Crippen MR) is 89.3 cm³/mol. The van der Waals surface area contributed by atoms with E-state index in [9.17, 15) is 4.79 Å². The van der Waals surface area contributed by atoms with Crippen molar-refractivity contribution in [1.82, 2.24) is 10.1 Å². The number of carbonyl (C=O) groups excluding carboxylic acids is 1. The smallest absolute Gasteiger partial charge is 0.227 e. The van der Waals surface area contributed by atoms with Gasteiger partial charge in [-0.2, -0.15) is 0 Å². The second-order valence-corrected chi connectivity index (χ2v) is 6.17. The third-order valence-electron chi connectivity index (χ3n) is 4.43. The summed E-state index contributed by atoms with van der Waals surface area (Å²) in [7, 11) is 0. The first kappa shape index (κ1) is 15.6. The van der Waals surface area contributed by atoms with Crippen molar-refractivity contribution in [1.29, 1.82) is 0 Å². The molecular formula is C18H23N3O2. The van der Waals surface area contributed by atoms with E-state index in [1.807, 2.05) is 36.9 Å². The SMILES string of the molecule is Cc1noc(C)c1CC(=O)N1CCC[C@H](Nc2ccccc2)C1. The van der Waals surface area contributed by atoms with E-state index in [1.54, 1.807) is 0 Å². The van der Waals surface area contributed by atoms with Crippen LogP contribution < -0.4 is 5.32 Å². The standard InChI is InChI=1S/C18H23N3O2/c1-13-17(14(2)23-20-13)11-18(22)21-10-6-9-16(12-21)19-15-7-4-3-5-8-15/h3-5,7-8,16,19H,6,9-12H2,1-2H3/t16-/m0/s1. The first-order valence-corrected chi connectivity index (χ1v) is 8.14. The summed E-state index contributed by atoms with van der Waals surface area (Å²) in [6.45, 7) is 5.32. The van der Waals surface area contributed by atoms with Crippen LogP contribution in [-0.4, -0.2) is 35.1 Å². The molecule has 1 aliphatic heterocycles. The van der Waals surface area contributed by atoms with Gasteiger partial charge in [0.2, 0.25) is 5.91 Å². The van der Waals surface area contributed by atoms with Crippen molar-refractivity contribution in [2.24, 2.45) is 0 Å². The van der Waals surface area contributed by atoms with Crippen LogP contribution in [0, 0.1) is 13.8 Å². The molecule has 2 aromatic rings. The Morgan fingerprint density at radius 1 is 1.35 bits per heavy atom. The summed E-state index contributed by atoms with van der Waals surface area (Å²) in [4.78, 5) is 14.6. The number of hydrogen-bond acceptors (Lipinski definition) is 4. The van der Waals surface area contributed by atoms with Crippen LogP contribution in [0.15, 0.2) is 34.9 Å². The van der Waals surface area contributed by atoms with Crippen molar-refractivity contribution in [3.8, 4) is 0 Å². The first-order valence-electron chi connectivity index (χ1n) is 8.14. The van der Waals surface area contributed by atoms with E-state index in [1.165, 1.54) is 0 Å². The Hall–Kier alpha value is -2.30. The third-order valence-corrected chi connectivity index (χ3v) is 4.43. The predicted octanol–water partition coefficient (Wildman–Crippen LogP) is 2.94. The highest BCUT2D eigenvalue weighted by atomic mass is 16.5. The van der Waals surface area contributed by atoms with Gasteiger partial charge in [0.05, 0.1) is 12.1 Å². The van der Waals surface area contributed by atoms with Gasteiger partial charge in [-0.1, -0.05) is 23.4 Å². The average molecular weight is 313 g/mol. The second kappa shape index (κ2) is 6.86. The molecule has 1 amide bonds. The fraction of sp³-hybridized carbons (Fsp3) is 0.444. The van der Waals surface area contributed by atoms with E-state index in [2.05, 4.69) is 22.6 Å². The van der Waals surface area contributed by atoms with E-state index >= 15 is 0 Å². The van der Waals surface area contributed by atoms with Crippen LogP contribution in [0.5, 0.6) is 0 Å². The number of piperidine rings is 1. The zero-order valence-corrected chi connectivity index (χ0v) is 13.7. The molecule has 0 bridgehead atoms. The van der Waals surface area contributed by atoms with Crippen LogP contribution in [0.4, 0.5) is 5.69 Å². The van der Waals surface area contributed by atoms with Gasteiger partial charge in [-0.15, -0.1) is 0 Å². The topological polar surface area (TPSA) is 58.4 Å². The van der Waals surface area contributed by atoms with Crippen molar-refractivity contribution >= 4 is 11.6 Å². The molecule has 122 valence electrons. The van der Waals surface area contributed by atoms with Gasteiger partial charge in [-0.05, 0) is 38.8 Å². The quantitative estimate of drug-likeness (QED) is 0.943. The molecule has 0 spiro atoms. The number of anilines is 1. The molecule has 1 fully saturated rings. The lowest BCUT2D eigenvalue weighted by Gasteiger charge is -2.33. The maximum Gasteiger partial charge on any atom is 0.227 e. The summed E-state index contributed by atoms with van der Waals surface area (Å²) in [5.41, 5.74) is 2.84. The Labute approximate surface area is 136 Å². The molecular weight excluding hydrogens is 290 g/mol.